The van der Waals surface area contributed by atoms with E-state index in [0.717, 1.165) is 9.37 Å². The molecule has 0 bridgehead atoms. The van der Waals surface area contributed by atoms with Gasteiger partial charge in [-0.15, -0.1) is 0 Å². The number of rotatable bonds is 2. The summed E-state index contributed by atoms with van der Waals surface area (Å²) in [5, 5.41) is 0.525. The second kappa shape index (κ2) is 5.01. The third-order valence-electron chi connectivity index (χ3n) is 1.75. The van der Waals surface area contributed by atoms with Crippen molar-refractivity contribution in [3.8, 4) is 0 Å². The van der Waals surface area contributed by atoms with Gasteiger partial charge in [0.25, 0.3) is 0 Å². The third kappa shape index (κ3) is 3.23. The molecule has 76 valence electrons. The maximum absolute atomic E-state index is 5.80. The van der Waals surface area contributed by atoms with Crippen molar-refractivity contribution in [1.82, 2.24) is 4.98 Å². The Morgan fingerprint density at radius 1 is 1.07 bits per heavy atom. The molecule has 0 radical (unpaired) electrons. The first-order chi connectivity index (χ1) is 7.24. The van der Waals surface area contributed by atoms with Crippen LogP contribution in [0.3, 0.4) is 0 Å². The molecule has 1 aromatic carbocycles. The fraction of sp³-hybridized carbons (Fsp3) is 0. The Balaban J connectivity index is 2.18. The fourth-order valence-electron chi connectivity index (χ4n) is 1.09. The molecule has 4 heteroatoms. The second-order valence-electron chi connectivity index (χ2n) is 2.87. The van der Waals surface area contributed by atoms with Gasteiger partial charge in [0.2, 0.25) is 0 Å². The van der Waals surface area contributed by atoms with Crippen molar-refractivity contribution in [3.05, 3.63) is 52.2 Å². The molecule has 2 aromatic rings. The van der Waals surface area contributed by atoms with Gasteiger partial charge in [0.1, 0.15) is 5.15 Å². The van der Waals surface area contributed by atoms with Crippen LogP contribution >= 0.6 is 39.3 Å². The Hall–Kier alpha value is -0.510. The first-order valence-electron chi connectivity index (χ1n) is 4.29. The largest absolute Gasteiger partial charge is 0.244 e. The van der Waals surface area contributed by atoms with Crippen LogP contribution in [-0.4, -0.2) is 4.98 Å². The zero-order valence-electron chi connectivity index (χ0n) is 7.65. The lowest BCUT2D eigenvalue weighted by atomic mass is 10.4. The number of pyridine rings is 1. The van der Waals surface area contributed by atoms with Gasteiger partial charge in [0.05, 0.1) is 0 Å². The van der Waals surface area contributed by atoms with Crippen LogP contribution < -0.4 is 0 Å². The molecule has 0 spiro atoms. The van der Waals surface area contributed by atoms with Gasteiger partial charge in [-0.25, -0.2) is 4.98 Å². The van der Waals surface area contributed by atoms with Crippen LogP contribution in [0.1, 0.15) is 0 Å². The van der Waals surface area contributed by atoms with Gasteiger partial charge in [-0.1, -0.05) is 39.3 Å². The molecule has 0 aliphatic carbocycles. The Bertz CT molecular complexity index is 458. The summed E-state index contributed by atoms with van der Waals surface area (Å²) in [6, 6.07) is 12.0. The van der Waals surface area contributed by atoms with E-state index >= 15 is 0 Å². The lowest BCUT2D eigenvalue weighted by molar-refractivity contribution is 1.26. The van der Waals surface area contributed by atoms with Crippen LogP contribution in [-0.2, 0) is 0 Å². The van der Waals surface area contributed by atoms with Gasteiger partial charge >= 0.3 is 0 Å². The van der Waals surface area contributed by atoms with Gasteiger partial charge in [-0.05, 0) is 36.4 Å². The lowest BCUT2D eigenvalue weighted by Gasteiger charge is -2.01. The minimum Gasteiger partial charge on any atom is -0.244 e. The highest BCUT2D eigenvalue weighted by atomic mass is 79.9. The van der Waals surface area contributed by atoms with Gasteiger partial charge in [0.15, 0.2) is 0 Å². The summed E-state index contributed by atoms with van der Waals surface area (Å²) in [5.41, 5.74) is 0. The highest BCUT2D eigenvalue weighted by molar-refractivity contribution is 9.10. The zero-order chi connectivity index (χ0) is 10.7. The lowest BCUT2D eigenvalue weighted by Crippen LogP contribution is -1.76. The van der Waals surface area contributed by atoms with Crippen molar-refractivity contribution in [2.75, 3.05) is 0 Å². The number of hydrogen-bond acceptors (Lipinski definition) is 2. The van der Waals surface area contributed by atoms with E-state index in [2.05, 4.69) is 33.0 Å². The van der Waals surface area contributed by atoms with E-state index < -0.39 is 0 Å². The summed E-state index contributed by atoms with van der Waals surface area (Å²) < 4.78 is 1.08. The minimum atomic E-state index is 0.525. The number of benzene rings is 1. The average Bonchev–Trinajstić information content (AvgIpc) is 2.22. The summed E-state index contributed by atoms with van der Waals surface area (Å²) in [7, 11) is 0. The topological polar surface area (TPSA) is 12.9 Å². The molecule has 0 aliphatic rings. The Morgan fingerprint density at radius 2 is 1.80 bits per heavy atom. The van der Waals surface area contributed by atoms with Gasteiger partial charge in [-0.3, -0.25) is 0 Å². The zero-order valence-corrected chi connectivity index (χ0v) is 10.8. The molecule has 0 atom stereocenters. The van der Waals surface area contributed by atoms with Crippen LogP contribution in [0.4, 0.5) is 0 Å². The maximum atomic E-state index is 5.80. The van der Waals surface area contributed by atoms with Crippen LogP contribution in [0.15, 0.2) is 56.9 Å². The molecule has 1 nitrogen and oxygen atoms in total. The molecule has 15 heavy (non-hydrogen) atoms. The summed E-state index contributed by atoms with van der Waals surface area (Å²) in [5.74, 6) is 0. The first-order valence-corrected chi connectivity index (χ1v) is 6.28. The third-order valence-corrected chi connectivity index (χ3v) is 3.48. The van der Waals surface area contributed by atoms with Crippen molar-refractivity contribution in [2.24, 2.45) is 0 Å². The molecule has 0 amide bonds. The Morgan fingerprint density at radius 3 is 2.47 bits per heavy atom. The number of nitrogens with zero attached hydrogens (tertiary/aromatic N) is 1. The van der Waals surface area contributed by atoms with E-state index in [0.29, 0.717) is 5.15 Å². The van der Waals surface area contributed by atoms with Gasteiger partial charge in [-0.2, -0.15) is 0 Å². The molecule has 2 rings (SSSR count). The average molecular weight is 301 g/mol. The molecule has 0 N–H and O–H groups in total. The van der Waals surface area contributed by atoms with Gasteiger partial charge < -0.3 is 0 Å². The predicted octanol–water partition coefficient (Wildman–Crippen LogP) is 4.65. The van der Waals surface area contributed by atoms with E-state index in [1.807, 2.05) is 24.3 Å². The van der Waals surface area contributed by atoms with E-state index in [-0.39, 0.29) is 0 Å². The highest BCUT2D eigenvalue weighted by Gasteiger charge is 1.98. The van der Waals surface area contributed by atoms with Crippen molar-refractivity contribution < 1.29 is 0 Å². The molecule has 0 saturated heterocycles. The summed E-state index contributed by atoms with van der Waals surface area (Å²) in [4.78, 5) is 6.22. The molecule has 0 aliphatic heterocycles. The van der Waals surface area contributed by atoms with Crippen LogP contribution in [0.2, 0.25) is 5.15 Å². The van der Waals surface area contributed by atoms with Crippen LogP contribution in [0, 0.1) is 0 Å². The fourth-order valence-corrected chi connectivity index (χ4v) is 2.43. The quantitative estimate of drug-likeness (QED) is 0.749. The van der Waals surface area contributed by atoms with E-state index in [1.165, 1.54) is 4.90 Å². The van der Waals surface area contributed by atoms with Gasteiger partial charge in [0, 0.05) is 20.5 Å². The first kappa shape index (κ1) is 11.0. The Kier molecular flexibility index (Phi) is 3.67. The molecule has 1 heterocycles. The van der Waals surface area contributed by atoms with E-state index in [1.54, 1.807) is 18.0 Å². The smallest absolute Gasteiger partial charge is 0.130 e. The van der Waals surface area contributed by atoms with Crippen molar-refractivity contribution in [2.45, 2.75) is 9.79 Å². The van der Waals surface area contributed by atoms with E-state index in [4.69, 9.17) is 11.6 Å². The standard InChI is InChI=1S/C11H7BrClNS/c12-8-1-3-9(4-2-8)15-10-5-6-14-11(13)7-10/h1-7H. The molecule has 0 saturated carbocycles. The predicted molar refractivity (Wildman–Crippen MR) is 67.5 cm³/mol. The monoisotopic (exact) mass is 299 g/mol. The number of aromatic nitrogens is 1. The summed E-state index contributed by atoms with van der Waals surface area (Å²) in [6.45, 7) is 0. The molecular weight excluding hydrogens is 294 g/mol. The molecule has 1 aromatic heterocycles. The van der Waals surface area contributed by atoms with E-state index in [9.17, 15) is 0 Å². The molecule has 0 unspecified atom stereocenters. The molecule has 0 fully saturated rings. The molecular formula is C11H7BrClNS. The van der Waals surface area contributed by atoms with Crippen molar-refractivity contribution in [1.29, 1.82) is 0 Å². The maximum Gasteiger partial charge on any atom is 0.130 e. The van der Waals surface area contributed by atoms with Crippen molar-refractivity contribution in [3.63, 3.8) is 0 Å². The Labute approximate surface area is 106 Å². The SMILES string of the molecule is Clc1cc(Sc2ccc(Br)cc2)ccn1. The minimum absolute atomic E-state index is 0.525. The van der Waals surface area contributed by atoms with Crippen LogP contribution in [0.25, 0.3) is 0 Å². The number of halogens is 2. The normalized spacial score (nSPS) is 10.3. The summed E-state index contributed by atoms with van der Waals surface area (Å²) in [6.07, 6.45) is 1.71. The second-order valence-corrected chi connectivity index (χ2v) is 5.32. The summed E-state index contributed by atoms with van der Waals surface area (Å²) >= 11 is 10.9. The highest BCUT2D eigenvalue weighted by Crippen LogP contribution is 2.29. The van der Waals surface area contributed by atoms with Crippen molar-refractivity contribution >= 4 is 39.3 Å². The number of hydrogen-bond donors (Lipinski definition) is 0. The van der Waals surface area contributed by atoms with Crippen LogP contribution in [0.5, 0.6) is 0 Å².